The van der Waals surface area contributed by atoms with Gasteiger partial charge in [0.05, 0.1) is 11.2 Å². The van der Waals surface area contributed by atoms with Crippen LogP contribution in [0, 0.1) is 20.8 Å². The van der Waals surface area contributed by atoms with Gasteiger partial charge in [-0.2, -0.15) is 0 Å². The smallest absolute Gasteiger partial charge is 0.270 e. The molecule has 0 spiro atoms. The molecule has 0 saturated heterocycles. The summed E-state index contributed by atoms with van der Waals surface area (Å²) in [4.78, 5) is 37.4. The predicted molar refractivity (Wildman–Crippen MR) is 126 cm³/mol. The normalized spacial score (nSPS) is 11.3. The standard InChI is InChI=1S/C25H27N5O2/c1-14(2)30-9-8-19-22(30)11-21(18-7-6-16(4)26-12-18)29-23(19)25(32)27-13-20-15(3)10-17(5)28-24(20)31/h6-12,14H,13H2,1-5H3,(H,27,32)(H,28,31). The predicted octanol–water partition coefficient (Wildman–Crippen LogP) is 4.22. The molecule has 0 atom stereocenters. The Labute approximate surface area is 186 Å². The van der Waals surface area contributed by atoms with E-state index in [2.05, 4.69) is 33.7 Å². The lowest BCUT2D eigenvalue weighted by molar-refractivity contribution is 0.0947. The Kier molecular flexibility index (Phi) is 5.65. The van der Waals surface area contributed by atoms with Crippen molar-refractivity contribution in [1.82, 2.24) is 24.8 Å². The van der Waals surface area contributed by atoms with Gasteiger partial charge in [0.2, 0.25) is 0 Å². The van der Waals surface area contributed by atoms with Crippen LogP contribution in [-0.4, -0.2) is 25.4 Å². The van der Waals surface area contributed by atoms with Crippen LogP contribution < -0.4 is 10.9 Å². The molecule has 4 aromatic rings. The van der Waals surface area contributed by atoms with Gasteiger partial charge in [-0.1, -0.05) is 0 Å². The molecule has 4 heterocycles. The summed E-state index contributed by atoms with van der Waals surface area (Å²) in [5, 5.41) is 3.66. The van der Waals surface area contributed by atoms with Crippen LogP contribution in [0.25, 0.3) is 22.2 Å². The van der Waals surface area contributed by atoms with Crippen LogP contribution in [0.15, 0.2) is 47.5 Å². The Hall–Kier alpha value is -3.74. The highest BCUT2D eigenvalue weighted by atomic mass is 16.2. The summed E-state index contributed by atoms with van der Waals surface area (Å²) >= 11 is 0. The zero-order valence-electron chi connectivity index (χ0n) is 19.0. The van der Waals surface area contributed by atoms with E-state index >= 15 is 0 Å². The van der Waals surface area contributed by atoms with Crippen LogP contribution in [0.5, 0.6) is 0 Å². The molecule has 0 radical (unpaired) electrons. The van der Waals surface area contributed by atoms with E-state index in [1.807, 2.05) is 57.3 Å². The third-order valence-corrected chi connectivity index (χ3v) is 5.61. The Bertz CT molecular complexity index is 1360. The highest BCUT2D eigenvalue weighted by molar-refractivity contribution is 6.05. The van der Waals surface area contributed by atoms with Crippen molar-refractivity contribution in [3.63, 3.8) is 0 Å². The lowest BCUT2D eigenvalue weighted by atomic mass is 10.1. The molecule has 2 N–H and O–H groups in total. The van der Waals surface area contributed by atoms with Gasteiger partial charge in [-0.25, -0.2) is 4.98 Å². The molecule has 32 heavy (non-hydrogen) atoms. The molecule has 164 valence electrons. The highest BCUT2D eigenvalue weighted by Gasteiger charge is 2.19. The molecule has 0 aliphatic heterocycles. The van der Waals surface area contributed by atoms with Crippen molar-refractivity contribution >= 4 is 16.8 Å². The third kappa shape index (κ3) is 4.06. The molecule has 7 heteroatoms. The molecule has 0 aliphatic carbocycles. The summed E-state index contributed by atoms with van der Waals surface area (Å²) in [6.45, 7) is 9.96. The van der Waals surface area contributed by atoms with Gasteiger partial charge in [0.25, 0.3) is 11.5 Å². The van der Waals surface area contributed by atoms with Crippen molar-refractivity contribution in [2.24, 2.45) is 0 Å². The van der Waals surface area contributed by atoms with Crippen LogP contribution in [0.1, 0.15) is 52.9 Å². The van der Waals surface area contributed by atoms with E-state index in [9.17, 15) is 9.59 Å². The van der Waals surface area contributed by atoms with Gasteiger partial charge >= 0.3 is 0 Å². The summed E-state index contributed by atoms with van der Waals surface area (Å²) in [6, 6.07) is 9.91. The molecule has 4 rings (SSSR count). The van der Waals surface area contributed by atoms with Crippen molar-refractivity contribution in [2.75, 3.05) is 0 Å². The maximum Gasteiger partial charge on any atom is 0.270 e. The van der Waals surface area contributed by atoms with Crippen molar-refractivity contribution in [3.05, 3.63) is 81.3 Å². The van der Waals surface area contributed by atoms with Gasteiger partial charge in [-0.05, 0) is 70.5 Å². The average molecular weight is 430 g/mol. The zero-order chi connectivity index (χ0) is 23.0. The number of nitrogens with one attached hydrogen (secondary N) is 2. The topological polar surface area (TPSA) is 92.7 Å². The fourth-order valence-corrected chi connectivity index (χ4v) is 3.90. The summed E-state index contributed by atoms with van der Waals surface area (Å²) < 4.78 is 2.12. The van der Waals surface area contributed by atoms with Crippen LogP contribution in [0.3, 0.4) is 0 Å². The Morgan fingerprint density at radius 2 is 1.94 bits per heavy atom. The van der Waals surface area contributed by atoms with Crippen LogP contribution in [0.2, 0.25) is 0 Å². The molecule has 0 bridgehead atoms. The Morgan fingerprint density at radius 1 is 1.16 bits per heavy atom. The molecule has 0 unspecified atom stereocenters. The van der Waals surface area contributed by atoms with Crippen LogP contribution >= 0.6 is 0 Å². The summed E-state index contributed by atoms with van der Waals surface area (Å²) in [7, 11) is 0. The molecular formula is C25H27N5O2. The van der Waals surface area contributed by atoms with Crippen molar-refractivity contribution in [3.8, 4) is 11.3 Å². The molecule has 1 amide bonds. The zero-order valence-corrected chi connectivity index (χ0v) is 19.0. The second-order valence-corrected chi connectivity index (χ2v) is 8.42. The van der Waals surface area contributed by atoms with E-state index in [0.29, 0.717) is 17.0 Å². The monoisotopic (exact) mass is 429 g/mol. The average Bonchev–Trinajstić information content (AvgIpc) is 3.17. The molecule has 4 aromatic heterocycles. The first-order valence-corrected chi connectivity index (χ1v) is 10.7. The van der Waals surface area contributed by atoms with E-state index in [4.69, 9.17) is 4.98 Å². The van der Waals surface area contributed by atoms with Gasteiger partial charge < -0.3 is 14.9 Å². The summed E-state index contributed by atoms with van der Waals surface area (Å²) in [5.74, 6) is -0.321. The number of hydrogen-bond acceptors (Lipinski definition) is 4. The number of aromatic amines is 1. The molecule has 0 aliphatic rings. The number of H-pyrrole nitrogens is 1. The second kappa shape index (κ2) is 8.42. The number of hydrogen-bond donors (Lipinski definition) is 2. The fraction of sp³-hybridized carbons (Fsp3) is 0.280. The minimum absolute atomic E-state index is 0.130. The SMILES string of the molecule is Cc1ccc(-c2cc3c(ccn3C(C)C)c(C(=O)NCc3c(C)cc(C)[nH]c3=O)n2)cn1. The van der Waals surface area contributed by atoms with Crippen LogP contribution in [0.4, 0.5) is 0 Å². The number of carbonyl (C=O) groups excluding carboxylic acids is 1. The first-order chi connectivity index (χ1) is 15.2. The molecular weight excluding hydrogens is 402 g/mol. The summed E-state index contributed by atoms with van der Waals surface area (Å²) in [6.07, 6.45) is 3.74. The second-order valence-electron chi connectivity index (χ2n) is 8.42. The van der Waals surface area contributed by atoms with Crippen LogP contribution in [-0.2, 0) is 6.54 Å². The minimum atomic E-state index is -0.321. The van der Waals surface area contributed by atoms with Gasteiger partial charge in [0.15, 0.2) is 0 Å². The first kappa shape index (κ1) is 21.5. The molecule has 7 nitrogen and oxygen atoms in total. The highest BCUT2D eigenvalue weighted by Crippen LogP contribution is 2.28. The van der Waals surface area contributed by atoms with Gasteiger partial charge in [0.1, 0.15) is 5.69 Å². The minimum Gasteiger partial charge on any atom is -0.346 e. The lowest BCUT2D eigenvalue weighted by Crippen LogP contribution is -2.28. The van der Waals surface area contributed by atoms with Crippen molar-refractivity contribution in [1.29, 1.82) is 0 Å². The van der Waals surface area contributed by atoms with Gasteiger partial charge in [-0.15, -0.1) is 0 Å². The maximum absolute atomic E-state index is 13.2. The maximum atomic E-state index is 13.2. The van der Waals surface area contributed by atoms with E-state index in [-0.39, 0.29) is 24.1 Å². The Morgan fingerprint density at radius 3 is 2.59 bits per heavy atom. The van der Waals surface area contributed by atoms with E-state index in [0.717, 1.165) is 33.4 Å². The number of carbonyl (C=O) groups is 1. The van der Waals surface area contributed by atoms with Gasteiger partial charge in [0, 0.05) is 52.9 Å². The number of aryl methyl sites for hydroxylation is 3. The molecule has 0 saturated carbocycles. The molecule has 0 fully saturated rings. The van der Waals surface area contributed by atoms with E-state index in [1.165, 1.54) is 0 Å². The van der Waals surface area contributed by atoms with Crippen molar-refractivity contribution < 1.29 is 4.79 Å². The molecule has 0 aromatic carbocycles. The van der Waals surface area contributed by atoms with Crippen molar-refractivity contribution in [2.45, 2.75) is 47.2 Å². The number of aromatic nitrogens is 4. The van der Waals surface area contributed by atoms with E-state index < -0.39 is 0 Å². The number of pyridine rings is 3. The first-order valence-electron chi connectivity index (χ1n) is 10.7. The third-order valence-electron chi connectivity index (χ3n) is 5.61. The number of nitrogens with zero attached hydrogens (tertiary/aromatic N) is 3. The van der Waals surface area contributed by atoms with E-state index in [1.54, 1.807) is 6.20 Å². The number of rotatable bonds is 5. The largest absolute Gasteiger partial charge is 0.346 e. The lowest BCUT2D eigenvalue weighted by Gasteiger charge is -2.13. The number of fused-ring (bicyclic) bond motifs is 1. The van der Waals surface area contributed by atoms with Gasteiger partial charge in [-0.3, -0.25) is 14.6 Å². The summed E-state index contributed by atoms with van der Waals surface area (Å²) in [5.41, 5.74) is 5.69. The quantitative estimate of drug-likeness (QED) is 0.497. The Balaban J connectivity index is 1.76. The number of amides is 1. The fourth-order valence-electron chi connectivity index (χ4n) is 3.90.